The highest BCUT2D eigenvalue weighted by molar-refractivity contribution is 5.68. The van der Waals surface area contributed by atoms with Gasteiger partial charge < -0.3 is 20.4 Å². The molecule has 0 radical (unpaired) electrons. The zero-order valence-corrected chi connectivity index (χ0v) is 12.4. The number of amides is 1. The number of nitrogens with one attached hydrogen (secondary N) is 3. The second kappa shape index (κ2) is 6.26. The maximum absolute atomic E-state index is 11.6. The van der Waals surface area contributed by atoms with E-state index in [1.165, 1.54) is 0 Å². The quantitative estimate of drug-likeness (QED) is 0.765. The van der Waals surface area contributed by atoms with Crippen LogP contribution in [0, 0.1) is 0 Å². The van der Waals surface area contributed by atoms with Gasteiger partial charge in [-0.2, -0.15) is 0 Å². The van der Waals surface area contributed by atoms with E-state index < -0.39 is 5.60 Å². The Balaban J connectivity index is 1.55. The number of nitrogens with zero attached hydrogens (tertiary/aromatic N) is 1. The highest BCUT2D eigenvalue weighted by Gasteiger charge is 2.31. The van der Waals surface area contributed by atoms with Crippen molar-refractivity contribution < 1.29 is 9.53 Å². The number of hydrogen-bond donors (Lipinski definition) is 3. The fraction of sp³-hybridized carbons (Fsp3) is 0.714. The summed E-state index contributed by atoms with van der Waals surface area (Å²) in [6, 6.07) is 0.705. The average molecular weight is 280 g/mol. The number of aromatic amines is 1. The number of hydrogen-bond acceptors (Lipinski definition) is 4. The van der Waals surface area contributed by atoms with Gasteiger partial charge in [0.2, 0.25) is 0 Å². The molecule has 1 saturated carbocycles. The number of ether oxygens (including phenoxy) is 1. The van der Waals surface area contributed by atoms with Crippen LogP contribution in [0.2, 0.25) is 0 Å². The summed E-state index contributed by atoms with van der Waals surface area (Å²) in [5.41, 5.74) is -0.436. The predicted octanol–water partition coefficient (Wildman–Crippen LogP) is 1.60. The molecule has 3 N–H and O–H groups in total. The predicted molar refractivity (Wildman–Crippen MR) is 76.5 cm³/mol. The Morgan fingerprint density at radius 2 is 2.20 bits per heavy atom. The smallest absolute Gasteiger partial charge is 0.407 e. The van der Waals surface area contributed by atoms with E-state index in [2.05, 4.69) is 20.6 Å². The van der Waals surface area contributed by atoms with Gasteiger partial charge in [-0.1, -0.05) is 0 Å². The molecule has 0 unspecified atom stereocenters. The Morgan fingerprint density at radius 3 is 2.80 bits per heavy atom. The lowest BCUT2D eigenvalue weighted by molar-refractivity contribution is 0.0465. The van der Waals surface area contributed by atoms with Crippen molar-refractivity contribution in [2.75, 3.05) is 6.54 Å². The Labute approximate surface area is 119 Å². The van der Waals surface area contributed by atoms with Crippen molar-refractivity contribution in [1.29, 1.82) is 0 Å². The summed E-state index contributed by atoms with van der Waals surface area (Å²) in [4.78, 5) is 18.8. The molecule has 6 heteroatoms. The first-order chi connectivity index (χ1) is 9.42. The van der Waals surface area contributed by atoms with E-state index in [1.807, 2.05) is 27.0 Å². The lowest BCUT2D eigenvalue weighted by Gasteiger charge is -2.36. The third-order valence-electron chi connectivity index (χ3n) is 3.21. The van der Waals surface area contributed by atoms with Crippen LogP contribution in [-0.2, 0) is 11.2 Å². The average Bonchev–Trinajstić information content (AvgIpc) is 2.75. The van der Waals surface area contributed by atoms with Gasteiger partial charge in [0.15, 0.2) is 0 Å². The van der Waals surface area contributed by atoms with Crippen molar-refractivity contribution in [2.45, 2.75) is 57.7 Å². The van der Waals surface area contributed by atoms with Crippen molar-refractivity contribution in [1.82, 2.24) is 20.6 Å². The first kappa shape index (κ1) is 14.8. The van der Waals surface area contributed by atoms with E-state index in [-0.39, 0.29) is 12.1 Å². The molecule has 1 amide bonds. The molecule has 112 valence electrons. The van der Waals surface area contributed by atoms with Crippen LogP contribution in [0.3, 0.4) is 0 Å². The monoisotopic (exact) mass is 280 g/mol. The van der Waals surface area contributed by atoms with Gasteiger partial charge in [-0.3, -0.25) is 0 Å². The normalized spacial score (nSPS) is 22.1. The zero-order valence-electron chi connectivity index (χ0n) is 12.4. The molecule has 0 saturated heterocycles. The van der Waals surface area contributed by atoms with Crippen LogP contribution >= 0.6 is 0 Å². The van der Waals surface area contributed by atoms with Gasteiger partial charge in [-0.25, -0.2) is 9.78 Å². The summed E-state index contributed by atoms with van der Waals surface area (Å²) < 4.78 is 5.23. The molecule has 0 spiro atoms. The largest absolute Gasteiger partial charge is 0.444 e. The Hall–Kier alpha value is -1.56. The van der Waals surface area contributed by atoms with E-state index in [4.69, 9.17) is 4.74 Å². The van der Waals surface area contributed by atoms with Crippen LogP contribution in [-0.4, -0.2) is 40.3 Å². The zero-order chi connectivity index (χ0) is 14.6. The first-order valence-corrected chi connectivity index (χ1v) is 7.13. The number of H-pyrrole nitrogens is 1. The third-order valence-corrected chi connectivity index (χ3v) is 3.21. The fourth-order valence-electron chi connectivity index (χ4n) is 2.21. The summed E-state index contributed by atoms with van der Waals surface area (Å²) in [5.74, 6) is 1.00. The molecule has 1 aliphatic rings. The van der Waals surface area contributed by atoms with Crippen LogP contribution in [0.15, 0.2) is 12.4 Å². The lowest BCUT2D eigenvalue weighted by Crippen LogP contribution is -2.53. The van der Waals surface area contributed by atoms with Gasteiger partial charge in [0.05, 0.1) is 0 Å². The van der Waals surface area contributed by atoms with Crippen LogP contribution in [0.1, 0.15) is 39.4 Å². The molecule has 20 heavy (non-hydrogen) atoms. The molecule has 0 aliphatic heterocycles. The van der Waals surface area contributed by atoms with Crippen molar-refractivity contribution in [2.24, 2.45) is 0 Å². The van der Waals surface area contributed by atoms with Crippen molar-refractivity contribution in [3.63, 3.8) is 0 Å². The number of carbonyl (C=O) groups excluding carboxylic acids is 1. The number of imidazole rings is 1. The highest BCUT2D eigenvalue weighted by atomic mass is 16.6. The summed E-state index contributed by atoms with van der Waals surface area (Å²) in [5, 5.41) is 6.34. The molecule has 0 aromatic carbocycles. The second-order valence-corrected chi connectivity index (χ2v) is 6.25. The van der Waals surface area contributed by atoms with Crippen molar-refractivity contribution >= 4 is 6.09 Å². The minimum absolute atomic E-state index is 0.228. The molecule has 1 aliphatic carbocycles. The van der Waals surface area contributed by atoms with E-state index >= 15 is 0 Å². The summed E-state index contributed by atoms with van der Waals surface area (Å²) >= 11 is 0. The molecule has 1 aromatic rings. The number of carbonyl (C=O) groups is 1. The molecule has 1 heterocycles. The summed E-state index contributed by atoms with van der Waals surface area (Å²) in [6.45, 7) is 6.50. The topological polar surface area (TPSA) is 79.0 Å². The van der Waals surface area contributed by atoms with Gasteiger partial charge >= 0.3 is 6.09 Å². The van der Waals surface area contributed by atoms with Gasteiger partial charge in [-0.05, 0) is 33.6 Å². The Bertz CT molecular complexity index is 419. The number of aromatic nitrogens is 2. The maximum atomic E-state index is 11.6. The molecule has 0 bridgehead atoms. The third kappa shape index (κ3) is 4.85. The highest BCUT2D eigenvalue weighted by Crippen LogP contribution is 2.20. The van der Waals surface area contributed by atoms with E-state index in [0.29, 0.717) is 6.04 Å². The summed E-state index contributed by atoms with van der Waals surface area (Å²) in [6.07, 6.45) is 6.08. The minimum Gasteiger partial charge on any atom is -0.444 e. The van der Waals surface area contributed by atoms with E-state index in [9.17, 15) is 4.79 Å². The molecular weight excluding hydrogens is 256 g/mol. The van der Waals surface area contributed by atoms with Gasteiger partial charge in [0.25, 0.3) is 0 Å². The van der Waals surface area contributed by atoms with Gasteiger partial charge in [0.1, 0.15) is 11.4 Å². The standard InChI is InChI=1S/C14H24N4O2/c1-14(2,3)20-13(19)18-11-8-10(9-11)15-5-4-12-16-6-7-17-12/h6-7,10-11,15H,4-5,8-9H2,1-3H3,(H,16,17)(H,18,19). The van der Waals surface area contributed by atoms with E-state index in [0.717, 1.165) is 31.6 Å². The molecule has 6 nitrogen and oxygen atoms in total. The SMILES string of the molecule is CC(C)(C)OC(=O)NC1CC(NCCc2ncc[nH]2)C1. The molecular formula is C14H24N4O2. The first-order valence-electron chi connectivity index (χ1n) is 7.13. The number of rotatable bonds is 5. The maximum Gasteiger partial charge on any atom is 0.407 e. The van der Waals surface area contributed by atoms with Crippen LogP contribution in [0.5, 0.6) is 0 Å². The van der Waals surface area contributed by atoms with Crippen LogP contribution < -0.4 is 10.6 Å². The minimum atomic E-state index is -0.436. The van der Waals surface area contributed by atoms with Crippen molar-refractivity contribution in [3.8, 4) is 0 Å². The molecule has 1 aromatic heterocycles. The summed E-state index contributed by atoms with van der Waals surface area (Å²) in [7, 11) is 0. The molecule has 2 rings (SSSR count). The van der Waals surface area contributed by atoms with Crippen LogP contribution in [0.4, 0.5) is 4.79 Å². The van der Waals surface area contributed by atoms with Gasteiger partial charge in [0, 0.05) is 37.4 Å². The Morgan fingerprint density at radius 1 is 1.45 bits per heavy atom. The van der Waals surface area contributed by atoms with Crippen LogP contribution in [0.25, 0.3) is 0 Å². The van der Waals surface area contributed by atoms with Gasteiger partial charge in [-0.15, -0.1) is 0 Å². The molecule has 1 fully saturated rings. The van der Waals surface area contributed by atoms with Crippen molar-refractivity contribution in [3.05, 3.63) is 18.2 Å². The lowest BCUT2D eigenvalue weighted by atomic mass is 9.87. The molecule has 0 atom stereocenters. The second-order valence-electron chi connectivity index (χ2n) is 6.25. The Kier molecular flexibility index (Phi) is 4.65. The van der Waals surface area contributed by atoms with E-state index in [1.54, 1.807) is 6.20 Å². The fourth-order valence-corrected chi connectivity index (χ4v) is 2.21. The number of alkyl carbamates (subject to hydrolysis) is 1.